The van der Waals surface area contributed by atoms with E-state index in [1.165, 1.54) is 11.8 Å². The van der Waals surface area contributed by atoms with Gasteiger partial charge in [0, 0.05) is 38.1 Å². The molecule has 0 aliphatic carbocycles. The molecule has 0 saturated carbocycles. The minimum atomic E-state index is -0.978. The number of nitrogens with zero attached hydrogens (tertiary/aromatic N) is 2. The molecule has 2 amide bonds. The van der Waals surface area contributed by atoms with E-state index in [0.717, 1.165) is 16.7 Å². The first-order valence-electron chi connectivity index (χ1n) is 14.2. The normalized spacial score (nSPS) is 15.2. The maximum atomic E-state index is 13.7. The number of hydrogen-bond donors (Lipinski definition) is 1. The largest absolute Gasteiger partial charge is 0.489 e. The van der Waals surface area contributed by atoms with E-state index in [-0.39, 0.29) is 18.1 Å². The van der Waals surface area contributed by atoms with Crippen LogP contribution in [-0.2, 0) is 27.4 Å². The molecule has 0 radical (unpaired) electrons. The average Bonchev–Trinajstić information content (AvgIpc) is 2.88. The highest BCUT2D eigenvalue weighted by Crippen LogP contribution is 2.34. The number of rotatable bonds is 12. The highest BCUT2D eigenvalue weighted by Gasteiger charge is 2.39. The lowest BCUT2D eigenvalue weighted by molar-refractivity contribution is -0.128. The highest BCUT2D eigenvalue weighted by molar-refractivity contribution is 5.88. The second-order valence-corrected chi connectivity index (χ2v) is 11.7. The van der Waals surface area contributed by atoms with Crippen LogP contribution >= 0.6 is 0 Å². The zero-order valence-electron chi connectivity index (χ0n) is 25.0. The monoisotopic (exact) mass is 551 g/mol. The number of ketones is 1. The van der Waals surface area contributed by atoms with Crippen LogP contribution in [0.4, 0.5) is 4.79 Å². The van der Waals surface area contributed by atoms with E-state index in [0.29, 0.717) is 50.5 Å². The minimum absolute atomic E-state index is 0.0704. The smallest absolute Gasteiger partial charge is 0.411 e. The van der Waals surface area contributed by atoms with E-state index in [9.17, 15) is 14.4 Å². The van der Waals surface area contributed by atoms with Gasteiger partial charge in [-0.25, -0.2) is 4.79 Å². The molecule has 2 aromatic carbocycles. The molecule has 3 rings (SSSR count). The molecular formula is C32H45N3O5. The molecule has 0 aromatic heterocycles. The number of Topliss-reactive ketones (excluding diaryl/α,β-unsaturated/α-hetero) is 1. The van der Waals surface area contributed by atoms with E-state index in [1.807, 2.05) is 48.5 Å². The van der Waals surface area contributed by atoms with Gasteiger partial charge >= 0.3 is 6.09 Å². The fourth-order valence-corrected chi connectivity index (χ4v) is 5.36. The molecule has 1 unspecified atom stereocenters. The van der Waals surface area contributed by atoms with Crippen LogP contribution in [0.15, 0.2) is 48.5 Å². The van der Waals surface area contributed by atoms with Crippen molar-refractivity contribution < 1.29 is 23.9 Å². The summed E-state index contributed by atoms with van der Waals surface area (Å²) in [5.74, 6) is 0.386. The molecule has 1 atom stereocenters. The Morgan fingerprint density at radius 3 is 2.35 bits per heavy atom. The first-order chi connectivity index (χ1) is 18.9. The lowest BCUT2D eigenvalue weighted by Gasteiger charge is -2.38. The number of carbonyl (C=O) groups is 3. The van der Waals surface area contributed by atoms with Crippen molar-refractivity contribution in [3.63, 3.8) is 0 Å². The van der Waals surface area contributed by atoms with E-state index in [2.05, 4.69) is 37.9 Å². The molecule has 40 heavy (non-hydrogen) atoms. The average molecular weight is 552 g/mol. The molecular weight excluding hydrogens is 506 g/mol. The van der Waals surface area contributed by atoms with Gasteiger partial charge < -0.3 is 14.8 Å². The summed E-state index contributed by atoms with van der Waals surface area (Å²) in [7, 11) is 0. The number of hydrogen-bond acceptors (Lipinski definition) is 6. The fraction of sp³-hybridized carbons (Fsp3) is 0.531. The van der Waals surface area contributed by atoms with Crippen LogP contribution in [0, 0.1) is 0 Å². The summed E-state index contributed by atoms with van der Waals surface area (Å²) in [6.07, 6.45) is 0.0493. The van der Waals surface area contributed by atoms with Crippen LogP contribution < -0.4 is 10.1 Å². The topological polar surface area (TPSA) is 88.2 Å². The van der Waals surface area contributed by atoms with Gasteiger partial charge in [0.1, 0.15) is 29.8 Å². The molecule has 8 heteroatoms. The van der Waals surface area contributed by atoms with Gasteiger partial charge in [0.25, 0.3) is 0 Å². The maximum absolute atomic E-state index is 13.7. The van der Waals surface area contributed by atoms with Gasteiger partial charge in [0.2, 0.25) is 5.91 Å². The van der Waals surface area contributed by atoms with Crippen molar-refractivity contribution >= 4 is 17.8 Å². The van der Waals surface area contributed by atoms with Gasteiger partial charge in [-0.2, -0.15) is 0 Å². The van der Waals surface area contributed by atoms with Crippen LogP contribution in [0.1, 0.15) is 77.6 Å². The zero-order chi connectivity index (χ0) is 29.4. The van der Waals surface area contributed by atoms with Crippen LogP contribution in [0.25, 0.3) is 0 Å². The Bertz CT molecular complexity index is 1150. The summed E-state index contributed by atoms with van der Waals surface area (Å²) < 4.78 is 11.8. The van der Waals surface area contributed by atoms with Gasteiger partial charge in [-0.3, -0.25) is 19.4 Å². The molecule has 2 aromatic rings. The predicted octanol–water partition coefficient (Wildman–Crippen LogP) is 5.29. The maximum Gasteiger partial charge on any atom is 0.411 e. The molecule has 8 nitrogen and oxygen atoms in total. The lowest BCUT2D eigenvalue weighted by Crippen LogP contribution is -2.50. The molecule has 1 N–H and O–H groups in total. The van der Waals surface area contributed by atoms with Crippen LogP contribution in [0.3, 0.4) is 0 Å². The Morgan fingerprint density at radius 1 is 1.05 bits per heavy atom. The first kappa shape index (κ1) is 31.1. The molecule has 1 aliphatic rings. The van der Waals surface area contributed by atoms with Crippen molar-refractivity contribution in [2.24, 2.45) is 0 Å². The highest BCUT2D eigenvalue weighted by atomic mass is 16.6. The SMILES string of the molecule is CC(=O)CC(C)(C)OC(=O)N1CCc2cc(OCc3ccccc3)ccc2C1C(=O)NCCN(C(C)C)C(C)C. The summed E-state index contributed by atoms with van der Waals surface area (Å²) in [5, 5.41) is 3.06. The minimum Gasteiger partial charge on any atom is -0.489 e. The van der Waals surface area contributed by atoms with Crippen molar-refractivity contribution in [2.45, 2.75) is 91.6 Å². The van der Waals surface area contributed by atoms with Crippen molar-refractivity contribution in [1.29, 1.82) is 0 Å². The van der Waals surface area contributed by atoms with Crippen LogP contribution in [-0.4, -0.2) is 64.9 Å². The first-order valence-corrected chi connectivity index (χ1v) is 14.2. The summed E-state index contributed by atoms with van der Waals surface area (Å²) >= 11 is 0. The lowest BCUT2D eigenvalue weighted by atomic mass is 9.92. The number of amides is 2. The summed E-state index contributed by atoms with van der Waals surface area (Å²) in [4.78, 5) is 42.6. The molecule has 0 bridgehead atoms. The number of nitrogens with one attached hydrogen (secondary N) is 1. The van der Waals surface area contributed by atoms with Crippen LogP contribution in [0.2, 0.25) is 0 Å². The van der Waals surface area contributed by atoms with Gasteiger partial charge in [0.05, 0.1) is 0 Å². The molecule has 218 valence electrons. The van der Waals surface area contributed by atoms with Gasteiger partial charge in [0.15, 0.2) is 0 Å². The van der Waals surface area contributed by atoms with E-state index in [1.54, 1.807) is 13.8 Å². The Balaban J connectivity index is 1.82. The summed E-state index contributed by atoms with van der Waals surface area (Å²) in [5.41, 5.74) is 1.80. The summed E-state index contributed by atoms with van der Waals surface area (Å²) in [6, 6.07) is 15.4. The van der Waals surface area contributed by atoms with Crippen LogP contribution in [0.5, 0.6) is 5.75 Å². The molecule has 0 saturated heterocycles. The molecule has 1 heterocycles. The second kappa shape index (κ2) is 13.8. The third-order valence-electron chi connectivity index (χ3n) is 7.11. The Hall–Kier alpha value is -3.39. The number of fused-ring (bicyclic) bond motifs is 1. The Morgan fingerprint density at radius 2 is 1.73 bits per heavy atom. The third-order valence-corrected chi connectivity index (χ3v) is 7.11. The Kier molecular flexibility index (Phi) is 10.7. The number of benzene rings is 2. The van der Waals surface area contributed by atoms with Crippen molar-refractivity contribution in [1.82, 2.24) is 15.1 Å². The number of carbonyl (C=O) groups excluding carboxylic acids is 3. The van der Waals surface area contributed by atoms with Crippen molar-refractivity contribution in [3.8, 4) is 5.75 Å². The molecule has 0 spiro atoms. The van der Waals surface area contributed by atoms with Crippen molar-refractivity contribution in [3.05, 3.63) is 65.2 Å². The summed E-state index contributed by atoms with van der Waals surface area (Å²) in [6.45, 7) is 15.3. The second-order valence-electron chi connectivity index (χ2n) is 11.7. The van der Waals surface area contributed by atoms with E-state index >= 15 is 0 Å². The van der Waals surface area contributed by atoms with Gasteiger partial charge in [-0.15, -0.1) is 0 Å². The van der Waals surface area contributed by atoms with E-state index < -0.39 is 17.7 Å². The fourth-order valence-electron chi connectivity index (χ4n) is 5.36. The van der Waals surface area contributed by atoms with Gasteiger partial charge in [-0.05, 0) is 83.7 Å². The Labute approximate surface area is 239 Å². The standard InChI is InChI=1S/C32H45N3O5/c1-22(2)34(23(3)4)18-16-33-30(37)29-28-14-13-27(39-21-25-11-9-8-10-12-25)19-26(28)15-17-35(29)31(38)40-32(6,7)20-24(5)36/h8-14,19,22-23,29H,15-18,20-21H2,1-7H3,(H,33,37). The number of ether oxygens (including phenoxy) is 2. The zero-order valence-corrected chi connectivity index (χ0v) is 25.0. The van der Waals surface area contributed by atoms with E-state index in [4.69, 9.17) is 9.47 Å². The quantitative estimate of drug-likeness (QED) is 0.386. The molecule has 1 aliphatic heterocycles. The predicted molar refractivity (Wildman–Crippen MR) is 156 cm³/mol. The molecule has 0 fully saturated rings. The van der Waals surface area contributed by atoms with Gasteiger partial charge in [-0.1, -0.05) is 36.4 Å². The third kappa shape index (κ3) is 8.55. The van der Waals surface area contributed by atoms with Crippen molar-refractivity contribution in [2.75, 3.05) is 19.6 Å².